The van der Waals surface area contributed by atoms with Crippen LogP contribution >= 0.6 is 0 Å². The molecule has 6 nitrogen and oxygen atoms in total. The van der Waals surface area contributed by atoms with E-state index >= 15 is 0 Å². The maximum absolute atomic E-state index is 11.7. The van der Waals surface area contributed by atoms with Crippen molar-refractivity contribution >= 4 is 15.7 Å². The highest BCUT2D eigenvalue weighted by atomic mass is 32.2. The highest BCUT2D eigenvalue weighted by Gasteiger charge is 2.27. The Morgan fingerprint density at radius 2 is 2.10 bits per heavy atom. The number of aromatic nitrogens is 1. The van der Waals surface area contributed by atoms with Gasteiger partial charge in [-0.3, -0.25) is 0 Å². The van der Waals surface area contributed by atoms with Crippen LogP contribution in [0.5, 0.6) is 0 Å². The van der Waals surface area contributed by atoms with Crippen molar-refractivity contribution in [3.63, 3.8) is 0 Å². The summed E-state index contributed by atoms with van der Waals surface area (Å²) in [6.07, 6.45) is 2.60. The van der Waals surface area contributed by atoms with Gasteiger partial charge in [0, 0.05) is 12.5 Å². The van der Waals surface area contributed by atoms with E-state index in [-0.39, 0.29) is 17.3 Å². The largest absolute Gasteiger partial charge is 0.463 e. The lowest BCUT2D eigenvalue weighted by molar-refractivity contribution is 0.0467. The maximum atomic E-state index is 11.7. The molecule has 0 aromatic carbocycles. The zero-order chi connectivity index (χ0) is 15.7. The Hall–Kier alpha value is -1.86. The van der Waals surface area contributed by atoms with Crippen molar-refractivity contribution in [2.24, 2.45) is 0 Å². The quantitative estimate of drug-likeness (QED) is 0.873. The fourth-order valence-corrected chi connectivity index (χ4v) is 2.69. The second kappa shape index (κ2) is 5.50. The Balaban J connectivity index is 2.21. The van der Waals surface area contributed by atoms with Crippen molar-refractivity contribution < 1.29 is 17.9 Å². The summed E-state index contributed by atoms with van der Waals surface area (Å²) < 4.78 is 28.8. The van der Waals surface area contributed by atoms with Gasteiger partial charge in [0.15, 0.2) is 9.84 Å². The van der Waals surface area contributed by atoms with Gasteiger partial charge in [-0.25, -0.2) is 13.4 Å². The highest BCUT2D eigenvalue weighted by Crippen LogP contribution is 2.25. The summed E-state index contributed by atoms with van der Waals surface area (Å²) in [7, 11) is -3.39. The first-order valence-electron chi connectivity index (χ1n) is 6.38. The molecule has 0 aliphatic heterocycles. The third-order valence-corrected chi connectivity index (χ3v) is 4.17. The fraction of sp³-hybridized carbons (Fsp3) is 0.357. The van der Waals surface area contributed by atoms with Gasteiger partial charge in [-0.05, 0) is 38.1 Å². The maximum Gasteiger partial charge on any atom is 0.179 e. The molecule has 0 fully saturated rings. The van der Waals surface area contributed by atoms with Crippen LogP contribution in [0, 0.1) is 6.92 Å². The molecule has 2 aromatic heterocycles. The van der Waals surface area contributed by atoms with Gasteiger partial charge in [0.2, 0.25) is 0 Å². The molecule has 1 unspecified atom stereocenters. The zero-order valence-electron chi connectivity index (χ0n) is 12.1. The molecule has 2 aromatic rings. The van der Waals surface area contributed by atoms with E-state index in [0.29, 0.717) is 11.5 Å². The summed E-state index contributed by atoms with van der Waals surface area (Å²) >= 11 is 0. The van der Waals surface area contributed by atoms with Gasteiger partial charge < -0.3 is 14.8 Å². The minimum Gasteiger partial charge on any atom is -0.463 e. The van der Waals surface area contributed by atoms with Crippen LogP contribution in [0.2, 0.25) is 0 Å². The molecule has 0 amide bonds. The predicted molar refractivity (Wildman–Crippen MR) is 78.9 cm³/mol. The number of hydrogen-bond donors (Lipinski definition) is 2. The number of pyridine rings is 1. The standard InChI is InChI=1S/C14H18N2O4S/c1-10-6-7-12(20-10)14(2,17)9-16-13-11(21(3,18)19)5-4-8-15-13/h4-8,17H,9H2,1-3H3,(H,15,16). The fourth-order valence-electron chi connectivity index (χ4n) is 1.89. The van der Waals surface area contributed by atoms with Crippen LogP contribution in [0.4, 0.5) is 5.82 Å². The summed E-state index contributed by atoms with van der Waals surface area (Å²) in [5.74, 6) is 1.31. The number of anilines is 1. The molecule has 0 saturated heterocycles. The first-order valence-corrected chi connectivity index (χ1v) is 8.27. The van der Waals surface area contributed by atoms with Gasteiger partial charge in [-0.1, -0.05) is 0 Å². The van der Waals surface area contributed by atoms with E-state index in [4.69, 9.17) is 4.42 Å². The summed E-state index contributed by atoms with van der Waals surface area (Å²) in [5.41, 5.74) is -1.28. The SMILES string of the molecule is Cc1ccc(C(C)(O)CNc2ncccc2S(C)(=O)=O)o1. The lowest BCUT2D eigenvalue weighted by atomic mass is 10.0. The molecule has 2 heterocycles. The molecule has 7 heteroatoms. The number of aryl methyl sites for hydroxylation is 1. The molecular formula is C14H18N2O4S. The van der Waals surface area contributed by atoms with E-state index in [9.17, 15) is 13.5 Å². The second-order valence-corrected chi connectivity index (χ2v) is 7.14. The van der Waals surface area contributed by atoms with Crippen molar-refractivity contribution in [3.05, 3.63) is 42.0 Å². The Morgan fingerprint density at radius 3 is 2.67 bits per heavy atom. The smallest absolute Gasteiger partial charge is 0.179 e. The Labute approximate surface area is 123 Å². The predicted octanol–water partition coefficient (Wildman–Crippen LogP) is 1.71. The van der Waals surface area contributed by atoms with Crippen molar-refractivity contribution in [2.75, 3.05) is 18.1 Å². The Kier molecular flexibility index (Phi) is 4.06. The number of furan rings is 1. The van der Waals surface area contributed by atoms with Gasteiger partial charge in [0.05, 0.1) is 6.54 Å². The normalized spacial score (nSPS) is 14.7. The first-order chi connectivity index (χ1) is 9.70. The van der Waals surface area contributed by atoms with Crippen molar-refractivity contribution in [3.8, 4) is 0 Å². The molecule has 0 radical (unpaired) electrons. The van der Waals surface area contributed by atoms with E-state index in [1.165, 1.54) is 12.3 Å². The van der Waals surface area contributed by atoms with Gasteiger partial charge in [-0.15, -0.1) is 0 Å². The van der Waals surface area contributed by atoms with Crippen LogP contribution in [-0.4, -0.2) is 31.3 Å². The van der Waals surface area contributed by atoms with Crippen LogP contribution in [-0.2, 0) is 15.4 Å². The topological polar surface area (TPSA) is 92.4 Å². The van der Waals surface area contributed by atoms with E-state index in [1.807, 2.05) is 0 Å². The molecule has 2 rings (SSSR count). The number of aliphatic hydroxyl groups is 1. The summed E-state index contributed by atoms with van der Waals surface area (Å²) in [6.45, 7) is 3.44. The van der Waals surface area contributed by atoms with E-state index in [1.54, 1.807) is 32.0 Å². The van der Waals surface area contributed by atoms with E-state index in [2.05, 4.69) is 10.3 Å². The average molecular weight is 310 g/mol. The third-order valence-electron chi connectivity index (χ3n) is 3.04. The highest BCUT2D eigenvalue weighted by molar-refractivity contribution is 7.90. The number of sulfone groups is 1. The average Bonchev–Trinajstić information content (AvgIpc) is 2.83. The van der Waals surface area contributed by atoms with Crippen LogP contribution < -0.4 is 5.32 Å². The Morgan fingerprint density at radius 1 is 1.38 bits per heavy atom. The molecule has 0 aliphatic carbocycles. The van der Waals surface area contributed by atoms with E-state index < -0.39 is 15.4 Å². The summed E-state index contributed by atoms with van der Waals surface area (Å²) in [6, 6.07) is 6.46. The molecule has 114 valence electrons. The monoisotopic (exact) mass is 310 g/mol. The van der Waals surface area contributed by atoms with Crippen molar-refractivity contribution in [1.29, 1.82) is 0 Å². The molecule has 0 saturated carbocycles. The minimum atomic E-state index is -3.39. The molecule has 0 bridgehead atoms. The first kappa shape index (κ1) is 15.5. The second-order valence-electron chi connectivity index (χ2n) is 5.16. The van der Waals surface area contributed by atoms with Gasteiger partial charge in [0.25, 0.3) is 0 Å². The zero-order valence-corrected chi connectivity index (χ0v) is 12.9. The van der Waals surface area contributed by atoms with Gasteiger partial charge in [0.1, 0.15) is 27.8 Å². The molecule has 0 spiro atoms. The van der Waals surface area contributed by atoms with Crippen LogP contribution in [0.15, 0.2) is 39.8 Å². The number of rotatable bonds is 5. The van der Waals surface area contributed by atoms with Gasteiger partial charge >= 0.3 is 0 Å². The molecule has 21 heavy (non-hydrogen) atoms. The van der Waals surface area contributed by atoms with Crippen molar-refractivity contribution in [1.82, 2.24) is 4.98 Å². The van der Waals surface area contributed by atoms with Crippen LogP contribution in [0.1, 0.15) is 18.4 Å². The van der Waals surface area contributed by atoms with E-state index in [0.717, 1.165) is 6.26 Å². The summed E-state index contributed by atoms with van der Waals surface area (Å²) in [5, 5.41) is 13.3. The summed E-state index contributed by atoms with van der Waals surface area (Å²) in [4.78, 5) is 4.11. The molecule has 0 aliphatic rings. The molecule has 1 atom stereocenters. The number of nitrogens with one attached hydrogen (secondary N) is 1. The van der Waals surface area contributed by atoms with Crippen LogP contribution in [0.3, 0.4) is 0 Å². The molecular weight excluding hydrogens is 292 g/mol. The minimum absolute atomic E-state index is 0.0689. The van der Waals surface area contributed by atoms with Crippen LogP contribution in [0.25, 0.3) is 0 Å². The number of nitrogens with zero attached hydrogens (tertiary/aromatic N) is 1. The van der Waals surface area contributed by atoms with Crippen molar-refractivity contribution in [2.45, 2.75) is 24.3 Å². The lowest BCUT2D eigenvalue weighted by Crippen LogP contribution is -2.31. The third kappa shape index (κ3) is 3.62. The molecule has 2 N–H and O–H groups in total. The Bertz CT molecular complexity index is 735. The van der Waals surface area contributed by atoms with Gasteiger partial charge in [-0.2, -0.15) is 0 Å². The lowest BCUT2D eigenvalue weighted by Gasteiger charge is -2.22. The number of hydrogen-bond acceptors (Lipinski definition) is 6.